The normalized spacial score (nSPS) is 25.8. The van der Waals surface area contributed by atoms with Gasteiger partial charge in [0.25, 0.3) is 0 Å². The van der Waals surface area contributed by atoms with E-state index in [-0.39, 0.29) is 18.6 Å². The third-order valence-corrected chi connectivity index (χ3v) is 3.89. The summed E-state index contributed by atoms with van der Waals surface area (Å²) in [5.41, 5.74) is -1.12. The van der Waals surface area contributed by atoms with Crippen LogP contribution in [0.4, 0.5) is 0 Å². The van der Waals surface area contributed by atoms with Crippen molar-refractivity contribution in [2.75, 3.05) is 6.61 Å². The maximum Gasteiger partial charge on any atom is 0.333 e. The fourth-order valence-electron chi connectivity index (χ4n) is 2.71. The van der Waals surface area contributed by atoms with Crippen molar-refractivity contribution in [2.24, 2.45) is 11.3 Å². The van der Waals surface area contributed by atoms with E-state index in [1.165, 1.54) is 6.92 Å². The Balaban J connectivity index is 2.80. The third-order valence-electron chi connectivity index (χ3n) is 3.89. The molecule has 1 rings (SSSR count). The third kappa shape index (κ3) is 3.37. The Hall–Kier alpha value is -1.85. The molecule has 0 amide bonds. The summed E-state index contributed by atoms with van der Waals surface area (Å²) in [4.78, 5) is 34.2. The first kappa shape index (κ1) is 16.2. The summed E-state index contributed by atoms with van der Waals surface area (Å²) in [5, 5.41) is 18.7. The molecule has 0 saturated heterocycles. The fourth-order valence-corrected chi connectivity index (χ4v) is 2.71. The molecule has 0 radical (unpaired) electrons. The van der Waals surface area contributed by atoms with Gasteiger partial charge in [0.15, 0.2) is 0 Å². The van der Waals surface area contributed by atoms with Crippen LogP contribution < -0.4 is 0 Å². The number of carbonyl (C=O) groups is 3. The molecule has 1 aliphatic carbocycles. The Labute approximate surface area is 117 Å². The molecule has 2 N–H and O–H groups in total. The lowest BCUT2D eigenvalue weighted by molar-refractivity contribution is -0.168. The Morgan fingerprint density at radius 3 is 2.45 bits per heavy atom. The standard InChI is InChI=1S/C14H20O6/c1-9(2)12(17)20-8-7-14(13(18)19)6-4-3-5-10(14)11(15)16/h10H,1,3-8H2,2H3,(H,15,16)(H,18,19). The molecule has 0 spiro atoms. The number of hydrogen-bond acceptors (Lipinski definition) is 4. The molecular formula is C14H20O6. The van der Waals surface area contributed by atoms with Gasteiger partial charge in [-0.15, -0.1) is 0 Å². The molecule has 0 aliphatic heterocycles. The fraction of sp³-hybridized carbons (Fsp3) is 0.643. The van der Waals surface area contributed by atoms with Crippen LogP contribution in [0, 0.1) is 11.3 Å². The quantitative estimate of drug-likeness (QED) is 0.570. The first-order chi connectivity index (χ1) is 9.31. The molecule has 112 valence electrons. The second kappa shape index (κ2) is 6.54. The van der Waals surface area contributed by atoms with Crippen LogP contribution in [0.25, 0.3) is 0 Å². The van der Waals surface area contributed by atoms with Crippen LogP contribution in [0.15, 0.2) is 12.2 Å². The number of rotatable bonds is 6. The van der Waals surface area contributed by atoms with Crippen molar-refractivity contribution in [3.8, 4) is 0 Å². The maximum atomic E-state index is 11.6. The van der Waals surface area contributed by atoms with Gasteiger partial charge in [-0.1, -0.05) is 19.4 Å². The average Bonchev–Trinajstić information content (AvgIpc) is 2.38. The first-order valence-electron chi connectivity index (χ1n) is 6.60. The number of carboxylic acids is 2. The highest BCUT2D eigenvalue weighted by atomic mass is 16.5. The lowest BCUT2D eigenvalue weighted by Crippen LogP contribution is -2.45. The van der Waals surface area contributed by atoms with Crippen molar-refractivity contribution in [1.29, 1.82) is 0 Å². The minimum atomic E-state index is -1.35. The van der Waals surface area contributed by atoms with E-state index in [2.05, 4.69) is 6.58 Å². The molecule has 0 heterocycles. The Kier molecular flexibility index (Phi) is 5.30. The van der Waals surface area contributed by atoms with Gasteiger partial charge in [-0.3, -0.25) is 9.59 Å². The highest BCUT2D eigenvalue weighted by Gasteiger charge is 2.50. The first-order valence-corrected chi connectivity index (χ1v) is 6.60. The van der Waals surface area contributed by atoms with E-state index in [1.807, 2.05) is 0 Å². The van der Waals surface area contributed by atoms with Crippen molar-refractivity contribution in [2.45, 2.75) is 39.0 Å². The van der Waals surface area contributed by atoms with Crippen LogP contribution in [0.2, 0.25) is 0 Å². The van der Waals surface area contributed by atoms with E-state index in [1.54, 1.807) is 0 Å². The van der Waals surface area contributed by atoms with Crippen molar-refractivity contribution in [1.82, 2.24) is 0 Å². The summed E-state index contributed by atoms with van der Waals surface area (Å²) in [5.74, 6) is -3.75. The summed E-state index contributed by atoms with van der Waals surface area (Å²) in [6.45, 7) is 4.82. The van der Waals surface area contributed by atoms with Crippen LogP contribution in [0.3, 0.4) is 0 Å². The second-order valence-corrected chi connectivity index (χ2v) is 5.26. The molecule has 1 fully saturated rings. The maximum absolute atomic E-state index is 11.6. The van der Waals surface area contributed by atoms with Gasteiger partial charge in [-0.05, 0) is 26.2 Å². The molecule has 0 aromatic heterocycles. The predicted octanol–water partition coefficient (Wildman–Crippen LogP) is 1.84. The zero-order valence-corrected chi connectivity index (χ0v) is 11.6. The molecule has 0 bridgehead atoms. The molecule has 6 nitrogen and oxygen atoms in total. The minimum Gasteiger partial charge on any atom is -0.481 e. The molecule has 2 unspecified atom stereocenters. The zero-order chi connectivity index (χ0) is 15.3. The molecule has 2 atom stereocenters. The van der Waals surface area contributed by atoms with Crippen LogP contribution >= 0.6 is 0 Å². The smallest absolute Gasteiger partial charge is 0.333 e. The SMILES string of the molecule is C=C(C)C(=O)OCCC1(C(=O)O)CCCCC1C(=O)O. The molecule has 20 heavy (non-hydrogen) atoms. The Morgan fingerprint density at radius 1 is 1.30 bits per heavy atom. The topological polar surface area (TPSA) is 101 Å². The Morgan fingerprint density at radius 2 is 1.95 bits per heavy atom. The van der Waals surface area contributed by atoms with Gasteiger partial charge < -0.3 is 14.9 Å². The monoisotopic (exact) mass is 284 g/mol. The summed E-state index contributed by atoms with van der Waals surface area (Å²) < 4.78 is 4.91. The molecule has 1 saturated carbocycles. The van der Waals surface area contributed by atoms with E-state index in [9.17, 15) is 24.6 Å². The van der Waals surface area contributed by atoms with Crippen LogP contribution in [0.5, 0.6) is 0 Å². The van der Waals surface area contributed by atoms with Crippen LogP contribution in [-0.4, -0.2) is 34.7 Å². The molecule has 6 heteroatoms. The lowest BCUT2D eigenvalue weighted by atomic mass is 9.64. The van der Waals surface area contributed by atoms with Gasteiger partial charge in [0.05, 0.1) is 17.9 Å². The average molecular weight is 284 g/mol. The highest BCUT2D eigenvalue weighted by molar-refractivity contribution is 5.87. The summed E-state index contributed by atoms with van der Waals surface area (Å²) in [7, 11) is 0. The molecule has 0 aromatic carbocycles. The van der Waals surface area contributed by atoms with E-state index in [4.69, 9.17) is 4.74 Å². The number of hydrogen-bond donors (Lipinski definition) is 2. The number of aliphatic carboxylic acids is 2. The van der Waals surface area contributed by atoms with Crippen molar-refractivity contribution in [3.63, 3.8) is 0 Å². The van der Waals surface area contributed by atoms with E-state index in [0.29, 0.717) is 25.7 Å². The van der Waals surface area contributed by atoms with E-state index < -0.39 is 29.2 Å². The van der Waals surface area contributed by atoms with Gasteiger partial charge in [0.2, 0.25) is 0 Å². The Bertz CT molecular complexity index is 427. The predicted molar refractivity (Wildman–Crippen MR) is 70.1 cm³/mol. The van der Waals surface area contributed by atoms with Crippen LogP contribution in [-0.2, 0) is 19.1 Å². The minimum absolute atomic E-state index is 0.0122. The van der Waals surface area contributed by atoms with Crippen molar-refractivity contribution in [3.05, 3.63) is 12.2 Å². The van der Waals surface area contributed by atoms with E-state index >= 15 is 0 Å². The number of ether oxygens (including phenoxy) is 1. The summed E-state index contributed by atoms with van der Waals surface area (Å²) >= 11 is 0. The zero-order valence-electron chi connectivity index (χ0n) is 11.6. The summed E-state index contributed by atoms with van der Waals surface area (Å²) in [6.07, 6.45) is 2.03. The van der Waals surface area contributed by atoms with Gasteiger partial charge in [-0.25, -0.2) is 4.79 Å². The molecule has 1 aliphatic rings. The molecule has 0 aromatic rings. The highest BCUT2D eigenvalue weighted by Crippen LogP contribution is 2.44. The largest absolute Gasteiger partial charge is 0.481 e. The molecular weight excluding hydrogens is 264 g/mol. The van der Waals surface area contributed by atoms with Crippen molar-refractivity contribution >= 4 is 17.9 Å². The van der Waals surface area contributed by atoms with Crippen molar-refractivity contribution < 1.29 is 29.3 Å². The van der Waals surface area contributed by atoms with Gasteiger partial charge >= 0.3 is 17.9 Å². The number of esters is 1. The van der Waals surface area contributed by atoms with Gasteiger partial charge in [0.1, 0.15) is 0 Å². The van der Waals surface area contributed by atoms with Gasteiger partial charge in [0, 0.05) is 5.57 Å². The second-order valence-electron chi connectivity index (χ2n) is 5.26. The van der Waals surface area contributed by atoms with Crippen LogP contribution in [0.1, 0.15) is 39.0 Å². The van der Waals surface area contributed by atoms with E-state index in [0.717, 1.165) is 0 Å². The number of carboxylic acid groups (broad SMARTS) is 2. The lowest BCUT2D eigenvalue weighted by Gasteiger charge is -2.38. The number of carbonyl (C=O) groups excluding carboxylic acids is 1. The summed E-state index contributed by atoms with van der Waals surface area (Å²) in [6, 6.07) is 0. The van der Waals surface area contributed by atoms with Gasteiger partial charge in [-0.2, -0.15) is 0 Å².